The number of anilines is 1. The van der Waals surface area contributed by atoms with Gasteiger partial charge >= 0.3 is 0 Å². The van der Waals surface area contributed by atoms with Gasteiger partial charge in [0, 0.05) is 34.4 Å². The summed E-state index contributed by atoms with van der Waals surface area (Å²) in [6.07, 6.45) is 0. The van der Waals surface area contributed by atoms with Crippen molar-refractivity contribution < 1.29 is 9.53 Å². The van der Waals surface area contributed by atoms with Crippen LogP contribution in [0.25, 0.3) is 20.8 Å². The molecule has 7 heteroatoms. The van der Waals surface area contributed by atoms with Gasteiger partial charge < -0.3 is 15.4 Å². The summed E-state index contributed by atoms with van der Waals surface area (Å²) < 4.78 is 7.58. The number of ether oxygens (including phenoxy) is 1. The zero-order chi connectivity index (χ0) is 17.4. The predicted molar refractivity (Wildman–Crippen MR) is 104 cm³/mol. The van der Waals surface area contributed by atoms with Crippen molar-refractivity contribution in [1.82, 2.24) is 4.98 Å². The first-order valence-corrected chi connectivity index (χ1v) is 9.56. The molecule has 0 radical (unpaired) electrons. The highest BCUT2D eigenvalue weighted by molar-refractivity contribution is 9.10. The minimum Gasteiger partial charge on any atom is -0.378 e. The van der Waals surface area contributed by atoms with Gasteiger partial charge in [0.15, 0.2) is 0 Å². The number of aromatic nitrogens is 1. The Bertz CT molecular complexity index is 951. The Morgan fingerprint density at radius 1 is 1.20 bits per heavy atom. The molecular formula is C18H16BrN3O2S. The molecule has 0 bridgehead atoms. The summed E-state index contributed by atoms with van der Waals surface area (Å²) in [5.41, 5.74) is 8.93. The normalized spacial score (nSPS) is 14.8. The SMILES string of the molecule is NC(=O)c1ccc(N2CCOCC2)c(-c2nc3ccc(Br)cc3s2)c1. The van der Waals surface area contributed by atoms with Crippen molar-refractivity contribution in [2.45, 2.75) is 0 Å². The number of nitrogens with two attached hydrogens (primary N) is 1. The highest BCUT2D eigenvalue weighted by atomic mass is 79.9. The van der Waals surface area contributed by atoms with E-state index in [1.165, 1.54) is 0 Å². The molecule has 25 heavy (non-hydrogen) atoms. The van der Waals surface area contributed by atoms with E-state index in [-0.39, 0.29) is 0 Å². The van der Waals surface area contributed by atoms with E-state index < -0.39 is 5.91 Å². The lowest BCUT2D eigenvalue weighted by Crippen LogP contribution is -2.36. The van der Waals surface area contributed by atoms with Gasteiger partial charge in [-0.2, -0.15) is 0 Å². The Kier molecular flexibility index (Phi) is 4.45. The van der Waals surface area contributed by atoms with Crippen molar-refractivity contribution in [3.8, 4) is 10.6 Å². The second-order valence-corrected chi connectivity index (χ2v) is 7.77. The molecule has 1 amide bonds. The van der Waals surface area contributed by atoms with Crippen LogP contribution in [0.15, 0.2) is 40.9 Å². The van der Waals surface area contributed by atoms with Crippen LogP contribution < -0.4 is 10.6 Å². The number of nitrogens with zero attached hydrogens (tertiary/aromatic N) is 2. The van der Waals surface area contributed by atoms with Gasteiger partial charge in [-0.3, -0.25) is 4.79 Å². The van der Waals surface area contributed by atoms with Crippen LogP contribution in [0.1, 0.15) is 10.4 Å². The highest BCUT2D eigenvalue weighted by Crippen LogP contribution is 2.37. The third kappa shape index (κ3) is 3.27. The summed E-state index contributed by atoms with van der Waals surface area (Å²) in [6, 6.07) is 11.6. The Balaban J connectivity index is 1.86. The fraction of sp³-hybridized carbons (Fsp3) is 0.222. The average molecular weight is 418 g/mol. The number of hydrogen-bond donors (Lipinski definition) is 1. The van der Waals surface area contributed by atoms with Crippen LogP contribution in [0.4, 0.5) is 5.69 Å². The number of hydrogen-bond acceptors (Lipinski definition) is 5. The lowest BCUT2D eigenvalue weighted by atomic mass is 10.1. The molecule has 0 aliphatic carbocycles. The first-order valence-electron chi connectivity index (χ1n) is 7.95. The van der Waals surface area contributed by atoms with Crippen LogP contribution in [0.5, 0.6) is 0 Å². The maximum absolute atomic E-state index is 11.7. The average Bonchev–Trinajstić information content (AvgIpc) is 3.05. The molecule has 1 saturated heterocycles. The number of benzene rings is 2. The van der Waals surface area contributed by atoms with E-state index in [1.54, 1.807) is 17.4 Å². The topological polar surface area (TPSA) is 68.5 Å². The van der Waals surface area contributed by atoms with Gasteiger partial charge in [-0.15, -0.1) is 11.3 Å². The number of carbonyl (C=O) groups excluding carboxylic acids is 1. The molecule has 0 saturated carbocycles. The van der Waals surface area contributed by atoms with Gasteiger partial charge in [-0.1, -0.05) is 15.9 Å². The lowest BCUT2D eigenvalue weighted by molar-refractivity contribution is 0.1000. The molecule has 2 aromatic carbocycles. The summed E-state index contributed by atoms with van der Waals surface area (Å²) in [5, 5.41) is 0.887. The van der Waals surface area contributed by atoms with Gasteiger partial charge in [-0.25, -0.2) is 4.98 Å². The van der Waals surface area contributed by atoms with Crippen LogP contribution in [-0.2, 0) is 4.74 Å². The van der Waals surface area contributed by atoms with Gasteiger partial charge in [0.25, 0.3) is 0 Å². The molecule has 1 aromatic heterocycles. The van der Waals surface area contributed by atoms with Crippen LogP contribution in [0, 0.1) is 0 Å². The quantitative estimate of drug-likeness (QED) is 0.705. The van der Waals surface area contributed by atoms with Gasteiger partial charge in [0.05, 0.1) is 23.4 Å². The van der Waals surface area contributed by atoms with Crippen LogP contribution in [0.3, 0.4) is 0 Å². The van der Waals surface area contributed by atoms with Crippen molar-refractivity contribution in [3.05, 3.63) is 46.4 Å². The Morgan fingerprint density at radius 2 is 2.00 bits per heavy atom. The molecule has 0 spiro atoms. The molecule has 4 rings (SSSR count). The summed E-state index contributed by atoms with van der Waals surface area (Å²) in [5.74, 6) is -0.432. The number of halogens is 1. The third-order valence-electron chi connectivity index (χ3n) is 4.21. The van der Waals surface area contributed by atoms with Crippen molar-refractivity contribution >= 4 is 49.1 Å². The monoisotopic (exact) mass is 417 g/mol. The van der Waals surface area contributed by atoms with Crippen molar-refractivity contribution in [3.63, 3.8) is 0 Å². The smallest absolute Gasteiger partial charge is 0.248 e. The van der Waals surface area contributed by atoms with E-state index in [0.29, 0.717) is 18.8 Å². The van der Waals surface area contributed by atoms with E-state index in [1.807, 2.05) is 24.3 Å². The van der Waals surface area contributed by atoms with Crippen LogP contribution in [-0.4, -0.2) is 37.2 Å². The minimum atomic E-state index is -0.432. The predicted octanol–water partition coefficient (Wildman–Crippen LogP) is 3.66. The van der Waals surface area contributed by atoms with E-state index >= 15 is 0 Å². The van der Waals surface area contributed by atoms with Gasteiger partial charge in [0.2, 0.25) is 5.91 Å². The number of rotatable bonds is 3. The van der Waals surface area contributed by atoms with E-state index in [2.05, 4.69) is 26.9 Å². The van der Waals surface area contributed by atoms with Gasteiger partial charge in [-0.05, 0) is 36.4 Å². The molecule has 128 valence electrons. The summed E-state index contributed by atoms with van der Waals surface area (Å²) >= 11 is 5.11. The fourth-order valence-corrected chi connectivity index (χ4v) is 4.50. The number of morpholine rings is 1. The summed E-state index contributed by atoms with van der Waals surface area (Å²) in [7, 11) is 0. The maximum atomic E-state index is 11.7. The van der Waals surface area contributed by atoms with Crippen LogP contribution in [0.2, 0.25) is 0 Å². The largest absolute Gasteiger partial charge is 0.378 e. The van der Waals surface area contributed by atoms with E-state index in [0.717, 1.165) is 44.0 Å². The van der Waals surface area contributed by atoms with Gasteiger partial charge in [0.1, 0.15) is 5.01 Å². The second kappa shape index (κ2) is 6.74. The lowest BCUT2D eigenvalue weighted by Gasteiger charge is -2.30. The number of primary amides is 1. The molecule has 1 aliphatic heterocycles. The number of fused-ring (bicyclic) bond motifs is 1. The second-order valence-electron chi connectivity index (χ2n) is 5.83. The Labute approximate surface area is 157 Å². The number of amides is 1. The van der Waals surface area contributed by atoms with Crippen molar-refractivity contribution in [2.24, 2.45) is 5.73 Å². The number of carbonyl (C=O) groups is 1. The maximum Gasteiger partial charge on any atom is 0.248 e. The molecule has 0 unspecified atom stereocenters. The van der Waals surface area contributed by atoms with Crippen molar-refractivity contribution in [1.29, 1.82) is 0 Å². The molecule has 2 heterocycles. The minimum absolute atomic E-state index is 0.432. The molecule has 2 N–H and O–H groups in total. The Hall–Kier alpha value is -1.96. The fourth-order valence-electron chi connectivity index (χ4n) is 2.95. The highest BCUT2D eigenvalue weighted by Gasteiger charge is 2.19. The molecular weight excluding hydrogens is 402 g/mol. The number of thiazole rings is 1. The zero-order valence-electron chi connectivity index (χ0n) is 13.4. The Morgan fingerprint density at radius 3 is 2.76 bits per heavy atom. The molecule has 3 aromatic rings. The molecule has 0 atom stereocenters. The standard InChI is InChI=1S/C18H16BrN3O2S/c19-12-2-3-14-16(10-12)25-18(21-14)13-9-11(17(20)23)1-4-15(13)22-5-7-24-8-6-22/h1-4,9-10H,5-8H2,(H2,20,23). The zero-order valence-corrected chi connectivity index (χ0v) is 15.8. The first-order chi connectivity index (χ1) is 12.1. The van der Waals surface area contributed by atoms with Crippen LogP contribution >= 0.6 is 27.3 Å². The molecule has 5 nitrogen and oxygen atoms in total. The summed E-state index contributed by atoms with van der Waals surface area (Å²) in [4.78, 5) is 18.7. The third-order valence-corrected chi connectivity index (χ3v) is 5.76. The van der Waals surface area contributed by atoms with Crippen molar-refractivity contribution in [2.75, 3.05) is 31.2 Å². The summed E-state index contributed by atoms with van der Waals surface area (Å²) in [6.45, 7) is 3.03. The van der Waals surface area contributed by atoms with E-state index in [9.17, 15) is 4.79 Å². The molecule has 1 aliphatic rings. The molecule has 1 fully saturated rings. The first kappa shape index (κ1) is 16.5. The van der Waals surface area contributed by atoms with E-state index in [4.69, 9.17) is 15.5 Å².